The maximum atomic E-state index is 5.29. The van der Waals surface area contributed by atoms with Gasteiger partial charge < -0.3 is 5.32 Å². The third-order valence-electron chi connectivity index (χ3n) is 10.6. The van der Waals surface area contributed by atoms with Gasteiger partial charge in [0.05, 0.1) is 11.0 Å². The number of nitrogens with zero attached hydrogens (tertiary/aromatic N) is 3. The molecule has 50 heavy (non-hydrogen) atoms. The van der Waals surface area contributed by atoms with Crippen LogP contribution in [0.25, 0.3) is 54.8 Å². The van der Waals surface area contributed by atoms with E-state index in [4.69, 9.17) is 9.98 Å². The molecule has 0 spiro atoms. The Morgan fingerprint density at radius 1 is 0.580 bits per heavy atom. The van der Waals surface area contributed by atoms with E-state index < -0.39 is 0 Å². The molecule has 1 aliphatic carbocycles. The molecule has 4 heteroatoms. The highest BCUT2D eigenvalue weighted by molar-refractivity contribution is 6.27. The first-order valence-corrected chi connectivity index (χ1v) is 17.3. The Hall–Kier alpha value is -6.26. The number of hydrogen-bond donors (Lipinski definition) is 1. The van der Waals surface area contributed by atoms with Crippen LogP contribution in [-0.4, -0.2) is 16.4 Å². The number of para-hydroxylation sites is 1. The summed E-state index contributed by atoms with van der Waals surface area (Å²) in [4.78, 5) is 10.5. The van der Waals surface area contributed by atoms with Gasteiger partial charge in [-0.1, -0.05) is 159 Å². The molecule has 8 aromatic rings. The van der Waals surface area contributed by atoms with Crippen molar-refractivity contribution in [3.63, 3.8) is 0 Å². The highest BCUT2D eigenvalue weighted by Gasteiger charge is 2.35. The number of amidine groups is 1. The molecule has 2 heterocycles. The topological polar surface area (TPSA) is 41.7 Å². The SMILES string of the molecule is CC1(C)c2ccccc2-c2c3c1cccc3cc1c2c2ccccc2n1C1=NC(c2ccccc2)=NC(c2ccc(-c3ccccc3)cc2)N1. The second kappa shape index (κ2) is 10.9. The molecule has 0 saturated carbocycles. The Bertz CT molecular complexity index is 2680. The number of aliphatic imine (C=N–C) groups is 2. The third-order valence-corrected chi connectivity index (χ3v) is 10.6. The molecular weight excluding hydrogens is 609 g/mol. The van der Waals surface area contributed by atoms with Gasteiger partial charge in [0.15, 0.2) is 5.84 Å². The van der Waals surface area contributed by atoms with Crippen LogP contribution in [0.1, 0.15) is 42.3 Å². The van der Waals surface area contributed by atoms with Crippen molar-refractivity contribution >= 4 is 44.4 Å². The predicted molar refractivity (Wildman–Crippen MR) is 208 cm³/mol. The van der Waals surface area contributed by atoms with Crippen LogP contribution in [0.5, 0.6) is 0 Å². The molecule has 238 valence electrons. The number of aromatic nitrogens is 1. The molecule has 7 aromatic carbocycles. The van der Waals surface area contributed by atoms with Gasteiger partial charge in [0.25, 0.3) is 0 Å². The summed E-state index contributed by atoms with van der Waals surface area (Å²) in [7, 11) is 0. The van der Waals surface area contributed by atoms with Gasteiger partial charge in [-0.2, -0.15) is 4.99 Å². The Kier molecular flexibility index (Phi) is 6.25. The first kappa shape index (κ1) is 28.7. The smallest absolute Gasteiger partial charge is 0.211 e. The molecule has 0 amide bonds. The van der Waals surface area contributed by atoms with Crippen LogP contribution in [0.15, 0.2) is 168 Å². The predicted octanol–water partition coefficient (Wildman–Crippen LogP) is 10.9. The summed E-state index contributed by atoms with van der Waals surface area (Å²) < 4.78 is 2.32. The summed E-state index contributed by atoms with van der Waals surface area (Å²) >= 11 is 0. The molecule has 1 atom stereocenters. The zero-order valence-electron chi connectivity index (χ0n) is 27.9. The lowest BCUT2D eigenvalue weighted by molar-refractivity contribution is 0.645. The van der Waals surface area contributed by atoms with Gasteiger partial charge in [0.2, 0.25) is 5.96 Å². The average molecular weight is 643 g/mol. The molecule has 2 aliphatic rings. The average Bonchev–Trinajstić information content (AvgIpc) is 3.51. The molecule has 1 N–H and O–H groups in total. The van der Waals surface area contributed by atoms with Crippen molar-refractivity contribution in [3.8, 4) is 22.3 Å². The molecule has 1 aliphatic heterocycles. The number of nitrogens with one attached hydrogen (secondary N) is 1. The van der Waals surface area contributed by atoms with E-state index in [0.29, 0.717) is 5.84 Å². The van der Waals surface area contributed by atoms with E-state index in [0.717, 1.165) is 28.1 Å². The summed E-state index contributed by atoms with van der Waals surface area (Å²) in [6, 6.07) is 56.4. The number of hydrogen-bond acceptors (Lipinski definition) is 3. The van der Waals surface area contributed by atoms with Crippen LogP contribution in [0.3, 0.4) is 0 Å². The van der Waals surface area contributed by atoms with Gasteiger partial charge in [0, 0.05) is 27.3 Å². The second-order valence-electron chi connectivity index (χ2n) is 13.9. The normalized spacial score (nSPS) is 16.2. The Morgan fingerprint density at radius 2 is 1.24 bits per heavy atom. The van der Waals surface area contributed by atoms with Gasteiger partial charge >= 0.3 is 0 Å². The minimum Gasteiger partial charge on any atom is -0.330 e. The summed E-state index contributed by atoms with van der Waals surface area (Å²) in [5.41, 5.74) is 11.9. The zero-order valence-corrected chi connectivity index (χ0v) is 27.9. The molecule has 0 bridgehead atoms. The number of benzene rings is 7. The van der Waals surface area contributed by atoms with Crippen molar-refractivity contribution < 1.29 is 0 Å². The molecule has 0 radical (unpaired) electrons. The molecule has 4 nitrogen and oxygen atoms in total. The van der Waals surface area contributed by atoms with E-state index in [-0.39, 0.29) is 11.6 Å². The van der Waals surface area contributed by atoms with Crippen LogP contribution in [0.2, 0.25) is 0 Å². The highest BCUT2D eigenvalue weighted by atomic mass is 15.3. The van der Waals surface area contributed by atoms with Crippen molar-refractivity contribution in [1.82, 2.24) is 9.88 Å². The van der Waals surface area contributed by atoms with Crippen LogP contribution in [-0.2, 0) is 5.41 Å². The van der Waals surface area contributed by atoms with E-state index in [1.165, 1.54) is 54.9 Å². The maximum Gasteiger partial charge on any atom is 0.211 e. The van der Waals surface area contributed by atoms with Gasteiger partial charge in [-0.25, -0.2) is 4.99 Å². The largest absolute Gasteiger partial charge is 0.330 e. The summed E-state index contributed by atoms with van der Waals surface area (Å²) in [6.07, 6.45) is -0.328. The van der Waals surface area contributed by atoms with Crippen LogP contribution in [0.4, 0.5) is 0 Å². The molecule has 0 saturated heterocycles. The third kappa shape index (κ3) is 4.25. The van der Waals surface area contributed by atoms with Gasteiger partial charge in [-0.05, 0) is 56.3 Å². The van der Waals surface area contributed by atoms with Gasteiger partial charge in [0.1, 0.15) is 6.17 Å². The maximum absolute atomic E-state index is 5.29. The number of fused-ring (bicyclic) bond motifs is 6. The van der Waals surface area contributed by atoms with Crippen molar-refractivity contribution in [3.05, 3.63) is 180 Å². The monoisotopic (exact) mass is 642 g/mol. The molecule has 1 unspecified atom stereocenters. The molecule has 10 rings (SSSR count). The van der Waals surface area contributed by atoms with Crippen molar-refractivity contribution in [2.75, 3.05) is 0 Å². The first-order valence-electron chi connectivity index (χ1n) is 17.3. The molecule has 0 fully saturated rings. The van der Waals surface area contributed by atoms with E-state index in [1.807, 2.05) is 18.2 Å². The van der Waals surface area contributed by atoms with Crippen molar-refractivity contribution in [2.24, 2.45) is 9.98 Å². The van der Waals surface area contributed by atoms with E-state index in [2.05, 4.69) is 163 Å². The van der Waals surface area contributed by atoms with E-state index in [9.17, 15) is 0 Å². The van der Waals surface area contributed by atoms with E-state index in [1.54, 1.807) is 0 Å². The minimum atomic E-state index is -0.328. The van der Waals surface area contributed by atoms with Crippen LogP contribution >= 0.6 is 0 Å². The second-order valence-corrected chi connectivity index (χ2v) is 13.9. The summed E-state index contributed by atoms with van der Waals surface area (Å²) in [5, 5.41) is 8.82. The molecular formula is C46H34N4. The number of rotatable bonds is 3. The van der Waals surface area contributed by atoms with Crippen LogP contribution in [0, 0.1) is 0 Å². The fraction of sp³-hybridized carbons (Fsp3) is 0.0870. The summed E-state index contributed by atoms with van der Waals surface area (Å²) in [5.74, 6) is 1.47. The minimum absolute atomic E-state index is 0.117. The lowest BCUT2D eigenvalue weighted by Gasteiger charge is -2.35. The quantitative estimate of drug-likeness (QED) is 0.205. The van der Waals surface area contributed by atoms with Gasteiger partial charge in [-0.15, -0.1) is 0 Å². The van der Waals surface area contributed by atoms with Gasteiger partial charge in [-0.3, -0.25) is 4.57 Å². The lowest BCUT2D eigenvalue weighted by atomic mass is 9.68. The lowest BCUT2D eigenvalue weighted by Crippen LogP contribution is -2.37. The van der Waals surface area contributed by atoms with Crippen molar-refractivity contribution in [2.45, 2.75) is 25.4 Å². The first-order chi connectivity index (χ1) is 24.6. The Morgan fingerprint density at radius 3 is 2.04 bits per heavy atom. The summed E-state index contributed by atoms with van der Waals surface area (Å²) in [6.45, 7) is 4.71. The van der Waals surface area contributed by atoms with E-state index >= 15 is 0 Å². The Balaban J connectivity index is 1.22. The zero-order chi connectivity index (χ0) is 33.4. The fourth-order valence-corrected chi connectivity index (χ4v) is 8.24. The van der Waals surface area contributed by atoms with Crippen molar-refractivity contribution in [1.29, 1.82) is 0 Å². The standard InChI is InChI=1S/C46H34N4/c1-46(2)36-21-11-9-19-34(36)42-40-33(18-13-22-37(40)46)28-39-41(42)35-20-10-12-23-38(35)50(39)45-48-43(31-16-7-4-8-17-31)47-44(49-45)32-26-24-30(25-27-32)29-14-5-3-6-15-29/h3-28,44H,1-2H3,(H,47,48,49). The Labute approximate surface area is 291 Å². The molecule has 1 aromatic heterocycles. The highest BCUT2D eigenvalue weighted by Crippen LogP contribution is 2.52. The fourth-order valence-electron chi connectivity index (χ4n) is 8.24. The van der Waals surface area contributed by atoms with Crippen LogP contribution < -0.4 is 5.32 Å².